The molecule has 1 atom stereocenters. The normalized spacial score (nSPS) is 30.1. The third-order valence-electron chi connectivity index (χ3n) is 4.23. The lowest BCUT2D eigenvalue weighted by Gasteiger charge is -2.33. The predicted octanol–water partition coefficient (Wildman–Crippen LogP) is 2.04. The molecule has 0 bridgehead atoms. The van der Waals surface area contributed by atoms with E-state index in [0.717, 1.165) is 32.1 Å². The highest BCUT2D eigenvalue weighted by molar-refractivity contribution is 5.00. The Balaban J connectivity index is 1.71. The average molecular weight is 252 g/mol. The Hall–Kier alpha value is -0.380. The van der Waals surface area contributed by atoms with E-state index in [-0.39, 0.29) is 0 Å². The minimum atomic E-state index is 0.345. The predicted molar refractivity (Wildman–Crippen MR) is 75.8 cm³/mol. The Morgan fingerprint density at radius 3 is 3.00 bits per heavy atom. The van der Waals surface area contributed by atoms with Gasteiger partial charge in [0.2, 0.25) is 0 Å². The highest BCUT2D eigenvalue weighted by Crippen LogP contribution is 2.40. The smallest absolute Gasteiger partial charge is 0.0593 e. The molecule has 3 heteroatoms. The number of nitrogens with one attached hydrogen (secondary N) is 1. The average Bonchev–Trinajstić information content (AvgIpc) is 3.17. The molecule has 0 aromatic heterocycles. The standard InChI is InChI=1S/C15H28N2O/c1-3-4-11-18-12-10-17-9-5-8-16-15(2,13-17)14-6-7-14/h3,14,16H,1,4-13H2,2H3. The van der Waals surface area contributed by atoms with Gasteiger partial charge in [-0.2, -0.15) is 0 Å². The van der Waals surface area contributed by atoms with E-state index in [9.17, 15) is 0 Å². The summed E-state index contributed by atoms with van der Waals surface area (Å²) in [6.45, 7) is 12.4. The molecule has 0 amide bonds. The number of ether oxygens (including phenoxy) is 1. The molecule has 0 aromatic rings. The molecule has 1 saturated carbocycles. The molecule has 2 aliphatic rings. The van der Waals surface area contributed by atoms with E-state index in [2.05, 4.69) is 23.7 Å². The summed E-state index contributed by atoms with van der Waals surface area (Å²) in [7, 11) is 0. The van der Waals surface area contributed by atoms with Crippen LogP contribution in [0.25, 0.3) is 0 Å². The van der Waals surface area contributed by atoms with Gasteiger partial charge in [0.25, 0.3) is 0 Å². The lowest BCUT2D eigenvalue weighted by atomic mass is 9.95. The van der Waals surface area contributed by atoms with Crippen LogP contribution in [0.4, 0.5) is 0 Å². The lowest BCUT2D eigenvalue weighted by Crippen LogP contribution is -2.51. The van der Waals surface area contributed by atoms with Crippen molar-refractivity contribution >= 4 is 0 Å². The van der Waals surface area contributed by atoms with Gasteiger partial charge in [-0.1, -0.05) is 6.08 Å². The van der Waals surface area contributed by atoms with E-state index in [1.54, 1.807) is 0 Å². The quantitative estimate of drug-likeness (QED) is 0.554. The Bertz CT molecular complexity index is 265. The summed E-state index contributed by atoms with van der Waals surface area (Å²) in [6, 6.07) is 0. The molecule has 0 radical (unpaired) electrons. The van der Waals surface area contributed by atoms with Crippen molar-refractivity contribution in [3.63, 3.8) is 0 Å². The van der Waals surface area contributed by atoms with Crippen molar-refractivity contribution in [2.24, 2.45) is 5.92 Å². The zero-order valence-electron chi connectivity index (χ0n) is 11.8. The first-order valence-electron chi connectivity index (χ1n) is 7.40. The van der Waals surface area contributed by atoms with Crippen molar-refractivity contribution in [2.75, 3.05) is 39.4 Å². The van der Waals surface area contributed by atoms with Crippen molar-refractivity contribution in [3.05, 3.63) is 12.7 Å². The van der Waals surface area contributed by atoms with Crippen LogP contribution < -0.4 is 5.32 Å². The molecule has 0 aromatic carbocycles. The van der Waals surface area contributed by atoms with Crippen molar-refractivity contribution in [2.45, 2.75) is 38.1 Å². The van der Waals surface area contributed by atoms with Gasteiger partial charge < -0.3 is 10.1 Å². The Labute approximate surface area is 112 Å². The first-order valence-corrected chi connectivity index (χ1v) is 7.40. The number of hydrogen-bond donors (Lipinski definition) is 1. The van der Waals surface area contributed by atoms with Crippen LogP contribution in [0.5, 0.6) is 0 Å². The van der Waals surface area contributed by atoms with E-state index < -0.39 is 0 Å². The summed E-state index contributed by atoms with van der Waals surface area (Å²) in [5.41, 5.74) is 0.345. The van der Waals surface area contributed by atoms with E-state index in [1.165, 1.54) is 38.9 Å². The van der Waals surface area contributed by atoms with Gasteiger partial charge in [-0.05, 0) is 51.6 Å². The van der Waals surface area contributed by atoms with Crippen LogP contribution in [-0.4, -0.2) is 49.8 Å². The van der Waals surface area contributed by atoms with Crippen molar-refractivity contribution < 1.29 is 4.74 Å². The molecule has 104 valence electrons. The maximum Gasteiger partial charge on any atom is 0.0593 e. The molecule has 1 heterocycles. The van der Waals surface area contributed by atoms with Crippen molar-refractivity contribution in [3.8, 4) is 0 Å². The van der Waals surface area contributed by atoms with E-state index in [4.69, 9.17) is 4.74 Å². The highest BCUT2D eigenvalue weighted by Gasteiger charge is 2.42. The van der Waals surface area contributed by atoms with Gasteiger partial charge in [-0.25, -0.2) is 0 Å². The van der Waals surface area contributed by atoms with E-state index in [1.807, 2.05) is 6.08 Å². The number of nitrogens with zero attached hydrogens (tertiary/aromatic N) is 1. The summed E-state index contributed by atoms with van der Waals surface area (Å²) < 4.78 is 5.63. The number of rotatable bonds is 7. The molecular formula is C15H28N2O. The maximum atomic E-state index is 5.63. The van der Waals surface area contributed by atoms with Gasteiger partial charge in [0.05, 0.1) is 13.2 Å². The summed E-state index contributed by atoms with van der Waals surface area (Å²) in [6.07, 6.45) is 6.96. The summed E-state index contributed by atoms with van der Waals surface area (Å²) in [5, 5.41) is 3.76. The molecule has 1 aliphatic heterocycles. The largest absolute Gasteiger partial charge is 0.380 e. The molecular weight excluding hydrogens is 224 g/mol. The Morgan fingerprint density at radius 1 is 1.44 bits per heavy atom. The maximum absolute atomic E-state index is 5.63. The van der Waals surface area contributed by atoms with Crippen LogP contribution in [0.3, 0.4) is 0 Å². The fourth-order valence-electron chi connectivity index (χ4n) is 2.92. The second-order valence-electron chi connectivity index (χ2n) is 5.94. The molecule has 1 aliphatic carbocycles. The first kappa shape index (κ1) is 14.0. The zero-order valence-corrected chi connectivity index (χ0v) is 11.8. The van der Waals surface area contributed by atoms with E-state index >= 15 is 0 Å². The minimum absolute atomic E-state index is 0.345. The Morgan fingerprint density at radius 2 is 2.28 bits per heavy atom. The van der Waals surface area contributed by atoms with Crippen LogP contribution >= 0.6 is 0 Å². The van der Waals surface area contributed by atoms with Gasteiger partial charge in [-0.15, -0.1) is 6.58 Å². The SMILES string of the molecule is C=CCCOCCN1CCCNC(C)(C2CC2)C1. The van der Waals surface area contributed by atoms with Crippen molar-refractivity contribution in [1.29, 1.82) is 0 Å². The molecule has 18 heavy (non-hydrogen) atoms. The summed E-state index contributed by atoms with van der Waals surface area (Å²) in [4.78, 5) is 2.58. The van der Waals surface area contributed by atoms with Crippen LogP contribution in [-0.2, 0) is 4.74 Å². The molecule has 2 rings (SSSR count). The molecule has 1 saturated heterocycles. The van der Waals surface area contributed by atoms with Gasteiger partial charge in [0.15, 0.2) is 0 Å². The summed E-state index contributed by atoms with van der Waals surface area (Å²) >= 11 is 0. The van der Waals surface area contributed by atoms with Crippen LogP contribution in [0.15, 0.2) is 12.7 Å². The fourth-order valence-corrected chi connectivity index (χ4v) is 2.92. The fraction of sp³-hybridized carbons (Fsp3) is 0.867. The lowest BCUT2D eigenvalue weighted by molar-refractivity contribution is 0.0976. The van der Waals surface area contributed by atoms with Gasteiger partial charge in [-0.3, -0.25) is 4.90 Å². The monoisotopic (exact) mass is 252 g/mol. The third kappa shape index (κ3) is 4.08. The second-order valence-corrected chi connectivity index (χ2v) is 5.94. The van der Waals surface area contributed by atoms with Gasteiger partial charge in [0.1, 0.15) is 0 Å². The van der Waals surface area contributed by atoms with Crippen LogP contribution in [0, 0.1) is 5.92 Å². The minimum Gasteiger partial charge on any atom is -0.380 e. The molecule has 1 unspecified atom stereocenters. The summed E-state index contributed by atoms with van der Waals surface area (Å²) in [5.74, 6) is 0.903. The molecule has 2 fully saturated rings. The van der Waals surface area contributed by atoms with Crippen LogP contribution in [0.1, 0.15) is 32.6 Å². The Kier molecular flexibility index (Phi) is 5.22. The highest BCUT2D eigenvalue weighted by atomic mass is 16.5. The van der Waals surface area contributed by atoms with Crippen LogP contribution in [0.2, 0.25) is 0 Å². The topological polar surface area (TPSA) is 24.5 Å². The van der Waals surface area contributed by atoms with Gasteiger partial charge >= 0.3 is 0 Å². The van der Waals surface area contributed by atoms with Crippen molar-refractivity contribution in [1.82, 2.24) is 10.2 Å². The zero-order chi connectivity index (χ0) is 12.8. The second kappa shape index (κ2) is 6.69. The first-order chi connectivity index (χ1) is 8.74. The van der Waals surface area contributed by atoms with E-state index in [0.29, 0.717) is 5.54 Å². The third-order valence-corrected chi connectivity index (χ3v) is 4.23. The van der Waals surface area contributed by atoms with Gasteiger partial charge in [0, 0.05) is 18.6 Å². The molecule has 0 spiro atoms. The molecule has 3 nitrogen and oxygen atoms in total. The molecule has 1 N–H and O–H groups in total. The number of hydrogen-bond acceptors (Lipinski definition) is 3.